The van der Waals surface area contributed by atoms with Crippen LogP contribution in [0.4, 0.5) is 16.3 Å². The minimum atomic E-state index is -0.185. The summed E-state index contributed by atoms with van der Waals surface area (Å²) in [7, 11) is 3.13. The normalized spacial score (nSPS) is 13.9. The maximum Gasteiger partial charge on any atom is 0.321 e. The quantitative estimate of drug-likeness (QED) is 0.644. The SMILES string of the molecule is COc1ccc(NC(=O)N2CCCN(c3ccc(=O)n(-c4ccccc4)n3)CC2)cc1OC. The molecule has 1 fully saturated rings. The molecule has 1 aromatic heterocycles. The molecule has 0 bridgehead atoms. The van der Waals surface area contributed by atoms with Crippen LogP contribution in [0.15, 0.2) is 65.5 Å². The number of ether oxygens (including phenoxy) is 2. The summed E-state index contributed by atoms with van der Waals surface area (Å²) in [5.41, 5.74) is 1.17. The number of benzene rings is 2. The number of carbonyl (C=O) groups excluding carboxylic acids is 1. The van der Waals surface area contributed by atoms with Crippen LogP contribution in [0.5, 0.6) is 11.5 Å². The van der Waals surface area contributed by atoms with Gasteiger partial charge in [0.1, 0.15) is 5.82 Å². The molecule has 172 valence electrons. The number of methoxy groups -OCH3 is 2. The van der Waals surface area contributed by atoms with Gasteiger partial charge in [-0.15, -0.1) is 5.10 Å². The largest absolute Gasteiger partial charge is 0.493 e. The van der Waals surface area contributed by atoms with Crippen LogP contribution in [0, 0.1) is 0 Å². The van der Waals surface area contributed by atoms with E-state index in [1.54, 1.807) is 43.4 Å². The second kappa shape index (κ2) is 10.1. The van der Waals surface area contributed by atoms with E-state index >= 15 is 0 Å². The third-order valence-corrected chi connectivity index (χ3v) is 5.53. The predicted octanol–water partition coefficient (Wildman–Crippen LogP) is 2.99. The van der Waals surface area contributed by atoms with Crippen LogP contribution in [0.3, 0.4) is 0 Å². The Balaban J connectivity index is 1.44. The van der Waals surface area contributed by atoms with E-state index in [4.69, 9.17) is 9.47 Å². The van der Waals surface area contributed by atoms with E-state index in [2.05, 4.69) is 15.3 Å². The first-order valence-corrected chi connectivity index (χ1v) is 10.8. The maximum atomic E-state index is 12.9. The molecule has 2 aromatic carbocycles. The highest BCUT2D eigenvalue weighted by Crippen LogP contribution is 2.29. The third kappa shape index (κ3) is 5.08. The van der Waals surface area contributed by atoms with E-state index in [9.17, 15) is 9.59 Å². The molecule has 1 aliphatic heterocycles. The first-order chi connectivity index (χ1) is 16.1. The van der Waals surface area contributed by atoms with Gasteiger partial charge in [0.2, 0.25) is 0 Å². The van der Waals surface area contributed by atoms with Gasteiger partial charge >= 0.3 is 6.03 Å². The van der Waals surface area contributed by atoms with Gasteiger partial charge in [0.15, 0.2) is 11.5 Å². The topological polar surface area (TPSA) is 88.9 Å². The number of carbonyl (C=O) groups is 1. The molecule has 1 N–H and O–H groups in total. The van der Waals surface area contributed by atoms with Crippen molar-refractivity contribution < 1.29 is 14.3 Å². The van der Waals surface area contributed by atoms with Crippen LogP contribution in [-0.4, -0.2) is 61.1 Å². The molecule has 1 aliphatic rings. The van der Waals surface area contributed by atoms with Crippen LogP contribution in [0.1, 0.15) is 6.42 Å². The highest BCUT2D eigenvalue weighted by Gasteiger charge is 2.21. The average molecular weight is 450 g/mol. The van der Waals surface area contributed by atoms with Crippen LogP contribution < -0.4 is 25.2 Å². The summed E-state index contributed by atoms with van der Waals surface area (Å²) < 4.78 is 12.0. The molecule has 4 rings (SSSR count). The zero-order valence-electron chi connectivity index (χ0n) is 18.7. The van der Waals surface area contributed by atoms with Gasteiger partial charge in [-0.3, -0.25) is 4.79 Å². The number of rotatable bonds is 5. The summed E-state index contributed by atoms with van der Waals surface area (Å²) >= 11 is 0. The van der Waals surface area contributed by atoms with Gasteiger partial charge < -0.3 is 24.6 Å². The monoisotopic (exact) mass is 449 g/mol. The van der Waals surface area contributed by atoms with Crippen molar-refractivity contribution in [2.75, 3.05) is 50.6 Å². The van der Waals surface area contributed by atoms with E-state index in [1.807, 2.05) is 30.3 Å². The summed E-state index contributed by atoms with van der Waals surface area (Å²) in [5, 5.41) is 7.50. The predicted molar refractivity (Wildman–Crippen MR) is 127 cm³/mol. The molecule has 3 aromatic rings. The standard InChI is InChI=1S/C24H27N5O4/c1-32-20-10-9-18(17-21(20)33-2)25-24(31)28-14-6-13-27(15-16-28)22-11-12-23(30)29(26-22)19-7-4-3-5-8-19/h3-5,7-12,17H,6,13-16H2,1-2H3,(H,25,31). The fourth-order valence-electron chi connectivity index (χ4n) is 3.79. The number of nitrogens with one attached hydrogen (secondary N) is 1. The molecule has 0 unspecified atom stereocenters. The molecule has 2 amide bonds. The number of amides is 2. The van der Waals surface area contributed by atoms with Gasteiger partial charge in [-0.1, -0.05) is 18.2 Å². The minimum Gasteiger partial charge on any atom is -0.493 e. The Morgan fingerprint density at radius 1 is 0.909 bits per heavy atom. The molecule has 1 saturated heterocycles. The molecule has 9 nitrogen and oxygen atoms in total. The number of para-hydroxylation sites is 1. The average Bonchev–Trinajstić information content (AvgIpc) is 3.11. The summed E-state index contributed by atoms with van der Waals surface area (Å²) in [6.07, 6.45) is 0.783. The Morgan fingerprint density at radius 2 is 1.70 bits per heavy atom. The Hall–Kier alpha value is -4.01. The van der Waals surface area contributed by atoms with Gasteiger partial charge in [0.05, 0.1) is 19.9 Å². The molecule has 2 heterocycles. The van der Waals surface area contributed by atoms with Crippen molar-refractivity contribution in [3.05, 3.63) is 71.0 Å². The Kier molecular flexibility index (Phi) is 6.77. The molecule has 0 aliphatic carbocycles. The zero-order chi connectivity index (χ0) is 23.2. The second-order valence-electron chi connectivity index (χ2n) is 7.60. The molecular weight excluding hydrogens is 422 g/mol. The highest BCUT2D eigenvalue weighted by molar-refractivity contribution is 5.89. The maximum absolute atomic E-state index is 12.9. The number of hydrogen-bond donors (Lipinski definition) is 1. The van der Waals surface area contributed by atoms with Crippen molar-refractivity contribution in [1.29, 1.82) is 0 Å². The number of nitrogens with zero attached hydrogens (tertiary/aromatic N) is 4. The van der Waals surface area contributed by atoms with Gasteiger partial charge in [0.25, 0.3) is 5.56 Å². The molecular formula is C24H27N5O4. The molecule has 0 saturated carbocycles. The minimum absolute atomic E-state index is 0.175. The lowest BCUT2D eigenvalue weighted by molar-refractivity contribution is 0.215. The lowest BCUT2D eigenvalue weighted by Gasteiger charge is -2.23. The van der Waals surface area contributed by atoms with Crippen molar-refractivity contribution in [3.63, 3.8) is 0 Å². The molecule has 33 heavy (non-hydrogen) atoms. The second-order valence-corrected chi connectivity index (χ2v) is 7.60. The van der Waals surface area contributed by atoms with Crippen LogP contribution in [0.25, 0.3) is 5.69 Å². The number of anilines is 2. The van der Waals surface area contributed by atoms with E-state index in [1.165, 1.54) is 10.7 Å². The van der Waals surface area contributed by atoms with E-state index < -0.39 is 0 Å². The van der Waals surface area contributed by atoms with Gasteiger partial charge in [-0.2, -0.15) is 4.68 Å². The van der Waals surface area contributed by atoms with Crippen molar-refractivity contribution >= 4 is 17.5 Å². The van der Waals surface area contributed by atoms with Gasteiger partial charge in [-0.05, 0) is 36.8 Å². The summed E-state index contributed by atoms with van der Waals surface area (Å²) in [4.78, 5) is 29.1. The summed E-state index contributed by atoms with van der Waals surface area (Å²) in [6, 6.07) is 17.7. The highest BCUT2D eigenvalue weighted by atomic mass is 16.5. The lowest BCUT2D eigenvalue weighted by atomic mass is 10.2. The van der Waals surface area contributed by atoms with Crippen molar-refractivity contribution in [1.82, 2.24) is 14.7 Å². The number of hydrogen-bond acceptors (Lipinski definition) is 6. The van der Waals surface area contributed by atoms with E-state index in [0.717, 1.165) is 18.7 Å². The number of urea groups is 1. The Labute approximate surface area is 192 Å². The van der Waals surface area contributed by atoms with Crippen LogP contribution >= 0.6 is 0 Å². The molecule has 0 radical (unpaired) electrons. The van der Waals surface area contributed by atoms with Crippen LogP contribution in [-0.2, 0) is 0 Å². The fraction of sp³-hybridized carbons (Fsp3) is 0.292. The zero-order valence-corrected chi connectivity index (χ0v) is 18.7. The Bertz CT molecular complexity index is 1170. The van der Waals surface area contributed by atoms with E-state index in [0.29, 0.717) is 42.6 Å². The van der Waals surface area contributed by atoms with Crippen molar-refractivity contribution in [3.8, 4) is 17.2 Å². The smallest absolute Gasteiger partial charge is 0.321 e. The van der Waals surface area contributed by atoms with Crippen molar-refractivity contribution in [2.45, 2.75) is 6.42 Å². The molecule has 0 atom stereocenters. The number of aromatic nitrogens is 2. The van der Waals surface area contributed by atoms with Crippen LogP contribution in [0.2, 0.25) is 0 Å². The third-order valence-electron chi connectivity index (χ3n) is 5.53. The molecule has 9 heteroatoms. The first-order valence-electron chi connectivity index (χ1n) is 10.8. The fourth-order valence-corrected chi connectivity index (χ4v) is 3.79. The lowest BCUT2D eigenvalue weighted by Crippen LogP contribution is -2.38. The van der Waals surface area contributed by atoms with Gasteiger partial charge in [0, 0.05) is 44.0 Å². The first kappa shape index (κ1) is 22.2. The summed E-state index contributed by atoms with van der Waals surface area (Å²) in [5.74, 6) is 1.86. The molecule has 0 spiro atoms. The van der Waals surface area contributed by atoms with E-state index in [-0.39, 0.29) is 11.6 Å². The van der Waals surface area contributed by atoms with Crippen molar-refractivity contribution in [2.24, 2.45) is 0 Å². The Morgan fingerprint density at radius 3 is 2.45 bits per heavy atom. The van der Waals surface area contributed by atoms with Gasteiger partial charge in [-0.25, -0.2) is 4.79 Å². The summed E-state index contributed by atoms with van der Waals surface area (Å²) in [6.45, 7) is 2.50.